The summed E-state index contributed by atoms with van der Waals surface area (Å²) in [6, 6.07) is 0. The molecule has 0 aliphatic rings. The molecule has 114 valence electrons. The van der Waals surface area contributed by atoms with Gasteiger partial charge in [0.25, 0.3) is 0 Å². The first-order valence-electron chi connectivity index (χ1n) is 6.66. The predicted molar refractivity (Wildman–Crippen MR) is 72.4 cm³/mol. The second-order valence-corrected chi connectivity index (χ2v) is 4.39. The molecule has 4 nitrogen and oxygen atoms in total. The molecule has 0 unspecified atom stereocenters. The zero-order valence-corrected chi connectivity index (χ0v) is 12.0. The van der Waals surface area contributed by atoms with Gasteiger partial charge in [0.1, 0.15) is 0 Å². The van der Waals surface area contributed by atoms with Crippen molar-refractivity contribution in [3.05, 3.63) is 0 Å². The first-order chi connectivity index (χ1) is 8.89. The van der Waals surface area contributed by atoms with Crippen LogP contribution in [0.5, 0.6) is 0 Å². The molecule has 0 atom stereocenters. The van der Waals surface area contributed by atoms with E-state index < -0.39 is 12.7 Å². The van der Waals surface area contributed by atoms with Gasteiger partial charge in [-0.3, -0.25) is 9.89 Å². The number of nitrogens with one attached hydrogen (secondary N) is 2. The summed E-state index contributed by atoms with van der Waals surface area (Å²) in [7, 11) is 1.48. The molecule has 0 aromatic carbocycles. The van der Waals surface area contributed by atoms with Crippen LogP contribution in [0.3, 0.4) is 0 Å². The van der Waals surface area contributed by atoms with Gasteiger partial charge in [-0.1, -0.05) is 6.92 Å². The van der Waals surface area contributed by atoms with Gasteiger partial charge in [-0.25, -0.2) is 0 Å². The average molecular weight is 282 g/mol. The Morgan fingerprint density at radius 1 is 1.21 bits per heavy atom. The molecule has 0 heterocycles. The van der Waals surface area contributed by atoms with E-state index in [9.17, 15) is 13.2 Å². The van der Waals surface area contributed by atoms with Gasteiger partial charge in [0.05, 0.1) is 6.54 Å². The molecule has 0 amide bonds. The van der Waals surface area contributed by atoms with E-state index in [4.69, 9.17) is 0 Å². The molecule has 0 aliphatic heterocycles. The molecular formula is C12H25F3N4. The fourth-order valence-corrected chi connectivity index (χ4v) is 1.51. The lowest BCUT2D eigenvalue weighted by Crippen LogP contribution is -2.39. The minimum absolute atomic E-state index is 0.402. The fourth-order valence-electron chi connectivity index (χ4n) is 1.51. The maximum atomic E-state index is 12.1. The Labute approximate surface area is 113 Å². The van der Waals surface area contributed by atoms with Crippen molar-refractivity contribution in [2.24, 2.45) is 4.99 Å². The number of nitrogens with zero attached hydrogens (tertiary/aromatic N) is 2. The number of rotatable bonds is 8. The van der Waals surface area contributed by atoms with E-state index in [0.717, 1.165) is 25.5 Å². The Balaban J connectivity index is 3.81. The normalized spacial score (nSPS) is 12.9. The van der Waals surface area contributed by atoms with Crippen LogP contribution in [0.25, 0.3) is 0 Å². The number of hydrogen-bond acceptors (Lipinski definition) is 2. The lowest BCUT2D eigenvalue weighted by molar-refractivity contribution is -0.143. The molecule has 0 fully saturated rings. The molecule has 0 aliphatic carbocycles. The van der Waals surface area contributed by atoms with Gasteiger partial charge in [-0.15, -0.1) is 0 Å². The molecule has 0 rings (SSSR count). The third-order valence-electron chi connectivity index (χ3n) is 2.30. The smallest absolute Gasteiger partial charge is 0.357 e. The van der Waals surface area contributed by atoms with E-state index in [-0.39, 0.29) is 0 Å². The quantitative estimate of drug-likeness (QED) is 0.405. The molecule has 19 heavy (non-hydrogen) atoms. The fraction of sp³-hybridized carbons (Fsp3) is 0.917. The van der Waals surface area contributed by atoms with E-state index in [1.165, 1.54) is 11.9 Å². The highest BCUT2D eigenvalue weighted by Crippen LogP contribution is 2.15. The number of aliphatic imine (C=N–C) groups is 1. The monoisotopic (exact) mass is 282 g/mol. The number of hydrogen-bond donors (Lipinski definition) is 2. The molecule has 2 N–H and O–H groups in total. The summed E-state index contributed by atoms with van der Waals surface area (Å²) in [5.74, 6) is 0.725. The van der Waals surface area contributed by atoms with Crippen molar-refractivity contribution in [2.75, 3.05) is 39.8 Å². The minimum Gasteiger partial charge on any atom is -0.357 e. The van der Waals surface area contributed by atoms with Gasteiger partial charge < -0.3 is 10.6 Å². The van der Waals surface area contributed by atoms with E-state index in [2.05, 4.69) is 15.6 Å². The molecular weight excluding hydrogens is 257 g/mol. The number of halogens is 3. The second-order valence-electron chi connectivity index (χ2n) is 4.39. The Hall–Kier alpha value is -0.980. The highest BCUT2D eigenvalue weighted by atomic mass is 19.4. The topological polar surface area (TPSA) is 39.7 Å². The summed E-state index contributed by atoms with van der Waals surface area (Å²) >= 11 is 0. The van der Waals surface area contributed by atoms with Gasteiger partial charge in [0, 0.05) is 19.6 Å². The molecule has 0 aromatic heterocycles. The van der Waals surface area contributed by atoms with Crippen LogP contribution in [0.15, 0.2) is 4.99 Å². The largest absolute Gasteiger partial charge is 0.401 e. The average Bonchev–Trinajstić information content (AvgIpc) is 2.29. The van der Waals surface area contributed by atoms with Gasteiger partial charge in [-0.2, -0.15) is 13.2 Å². The van der Waals surface area contributed by atoms with Crippen molar-refractivity contribution in [3.63, 3.8) is 0 Å². The Bertz CT molecular complexity index is 254. The van der Waals surface area contributed by atoms with E-state index >= 15 is 0 Å². The summed E-state index contributed by atoms with van der Waals surface area (Å²) in [4.78, 5) is 5.58. The van der Waals surface area contributed by atoms with E-state index in [1.807, 2.05) is 13.8 Å². The number of alkyl halides is 3. The first-order valence-corrected chi connectivity index (χ1v) is 6.66. The lowest BCUT2D eigenvalue weighted by atomic mass is 10.4. The zero-order valence-electron chi connectivity index (χ0n) is 12.0. The maximum absolute atomic E-state index is 12.1. The lowest BCUT2D eigenvalue weighted by Gasteiger charge is -2.18. The van der Waals surface area contributed by atoms with Crippen molar-refractivity contribution < 1.29 is 13.2 Å². The van der Waals surface area contributed by atoms with Crippen LogP contribution < -0.4 is 10.6 Å². The summed E-state index contributed by atoms with van der Waals surface area (Å²) in [5.41, 5.74) is 0. The van der Waals surface area contributed by atoms with Crippen LogP contribution >= 0.6 is 0 Å². The van der Waals surface area contributed by atoms with Crippen LogP contribution in [-0.4, -0.2) is 56.8 Å². The first kappa shape index (κ1) is 18.0. The second kappa shape index (κ2) is 9.89. The standard InChI is InChI=1S/C12H25F3N4/c1-4-7-17-11(16-5-2)18-8-6-9-19(3)10-12(13,14)15/h4-10H2,1-3H3,(H2,16,17,18). The zero-order chi connectivity index (χ0) is 14.7. The van der Waals surface area contributed by atoms with Crippen LogP contribution in [0.2, 0.25) is 0 Å². The van der Waals surface area contributed by atoms with Crippen LogP contribution in [0.4, 0.5) is 13.2 Å². The van der Waals surface area contributed by atoms with Gasteiger partial charge in [0.15, 0.2) is 5.96 Å². The molecule has 0 bridgehead atoms. The van der Waals surface area contributed by atoms with E-state index in [1.54, 1.807) is 0 Å². The van der Waals surface area contributed by atoms with Crippen molar-refractivity contribution in [3.8, 4) is 0 Å². The molecule has 0 spiro atoms. The third-order valence-corrected chi connectivity index (χ3v) is 2.30. The highest BCUT2D eigenvalue weighted by molar-refractivity contribution is 5.79. The number of guanidine groups is 1. The summed E-state index contributed by atoms with van der Waals surface area (Å²) in [6.07, 6.45) is -2.52. The van der Waals surface area contributed by atoms with Crippen molar-refractivity contribution in [1.82, 2.24) is 15.5 Å². The van der Waals surface area contributed by atoms with Gasteiger partial charge >= 0.3 is 6.18 Å². The molecule has 0 saturated carbocycles. The Kier molecular flexibility index (Phi) is 9.38. The SMILES string of the molecule is CCCN=C(NCC)NCCCN(C)CC(F)(F)F. The van der Waals surface area contributed by atoms with E-state index in [0.29, 0.717) is 19.5 Å². The van der Waals surface area contributed by atoms with Crippen molar-refractivity contribution >= 4 is 5.96 Å². The maximum Gasteiger partial charge on any atom is 0.401 e. The van der Waals surface area contributed by atoms with Crippen LogP contribution in [0, 0.1) is 0 Å². The third kappa shape index (κ3) is 11.8. The molecule has 0 aromatic rings. The van der Waals surface area contributed by atoms with Crippen LogP contribution in [-0.2, 0) is 0 Å². The van der Waals surface area contributed by atoms with Gasteiger partial charge in [0.2, 0.25) is 0 Å². The van der Waals surface area contributed by atoms with Crippen molar-refractivity contribution in [1.29, 1.82) is 0 Å². The minimum atomic E-state index is -4.13. The Morgan fingerprint density at radius 3 is 2.42 bits per heavy atom. The molecule has 0 radical (unpaired) electrons. The summed E-state index contributed by atoms with van der Waals surface area (Å²) < 4.78 is 36.3. The summed E-state index contributed by atoms with van der Waals surface area (Å²) in [5, 5.41) is 6.19. The molecule has 0 saturated heterocycles. The Morgan fingerprint density at radius 2 is 1.89 bits per heavy atom. The van der Waals surface area contributed by atoms with Gasteiger partial charge in [-0.05, 0) is 33.4 Å². The molecule has 7 heteroatoms. The highest BCUT2D eigenvalue weighted by Gasteiger charge is 2.28. The van der Waals surface area contributed by atoms with Crippen molar-refractivity contribution in [2.45, 2.75) is 32.9 Å². The predicted octanol–water partition coefficient (Wildman–Crippen LogP) is 1.84. The summed E-state index contributed by atoms with van der Waals surface area (Å²) in [6.45, 7) is 5.67. The van der Waals surface area contributed by atoms with Crippen LogP contribution in [0.1, 0.15) is 26.7 Å².